The lowest BCUT2D eigenvalue weighted by atomic mass is 10.0. The van der Waals surface area contributed by atoms with Crippen LogP contribution in [0.3, 0.4) is 0 Å². The van der Waals surface area contributed by atoms with E-state index in [9.17, 15) is 0 Å². The first-order valence-electron chi connectivity index (χ1n) is 4.60. The topological polar surface area (TPSA) is 3.24 Å². The molecule has 2 fully saturated rings. The predicted molar refractivity (Wildman–Crippen MR) is 43.0 cm³/mol. The summed E-state index contributed by atoms with van der Waals surface area (Å²) in [6, 6.07) is 1.90. The number of hydrogen-bond acceptors (Lipinski definition) is 1. The highest BCUT2D eigenvalue weighted by Gasteiger charge is 2.31. The second kappa shape index (κ2) is 2.54. The summed E-state index contributed by atoms with van der Waals surface area (Å²) in [4.78, 5) is 2.62. The van der Waals surface area contributed by atoms with E-state index in [1.807, 2.05) is 0 Å². The summed E-state index contributed by atoms with van der Waals surface area (Å²) in [6.45, 7) is 0. The van der Waals surface area contributed by atoms with Gasteiger partial charge < -0.3 is 4.90 Å². The largest absolute Gasteiger partial charge is 0.300 e. The van der Waals surface area contributed by atoms with Crippen molar-refractivity contribution in [2.24, 2.45) is 0 Å². The number of nitrogens with zero attached hydrogens (tertiary/aromatic N) is 1. The maximum atomic E-state index is 2.62. The molecule has 2 heterocycles. The van der Waals surface area contributed by atoms with E-state index in [1.54, 1.807) is 0 Å². The van der Waals surface area contributed by atoms with Gasteiger partial charge in [0.2, 0.25) is 0 Å². The molecule has 0 aromatic rings. The van der Waals surface area contributed by atoms with Gasteiger partial charge in [-0.05, 0) is 32.7 Å². The average molecular weight is 139 g/mol. The van der Waals surface area contributed by atoms with Gasteiger partial charge in [0.05, 0.1) is 0 Å². The number of fused-ring (bicyclic) bond motifs is 2. The molecule has 2 aliphatic heterocycles. The quantitative estimate of drug-likeness (QED) is 0.496. The molecule has 2 aliphatic rings. The Morgan fingerprint density at radius 3 is 1.90 bits per heavy atom. The third-order valence-electron chi connectivity index (χ3n) is 3.31. The molecule has 0 N–H and O–H groups in total. The van der Waals surface area contributed by atoms with Crippen LogP contribution >= 0.6 is 0 Å². The monoisotopic (exact) mass is 139 g/mol. The lowest BCUT2D eigenvalue weighted by Gasteiger charge is -2.21. The van der Waals surface area contributed by atoms with E-state index in [-0.39, 0.29) is 0 Å². The molecular weight excluding hydrogens is 122 g/mol. The van der Waals surface area contributed by atoms with Crippen molar-refractivity contribution < 1.29 is 0 Å². The minimum atomic E-state index is 0.951. The van der Waals surface area contributed by atoms with Gasteiger partial charge in [-0.1, -0.05) is 12.8 Å². The molecule has 2 bridgehead atoms. The molecular formula is C9H17N. The van der Waals surface area contributed by atoms with Crippen LogP contribution in [0.1, 0.15) is 38.5 Å². The SMILES string of the molecule is CN1C2CCCC[C@@H]1CC2. The normalized spacial score (nSPS) is 41.7. The Morgan fingerprint density at radius 2 is 1.40 bits per heavy atom. The van der Waals surface area contributed by atoms with Crippen LogP contribution in [0.5, 0.6) is 0 Å². The molecule has 1 unspecified atom stereocenters. The van der Waals surface area contributed by atoms with E-state index in [1.165, 1.54) is 38.5 Å². The summed E-state index contributed by atoms with van der Waals surface area (Å²) >= 11 is 0. The fraction of sp³-hybridized carbons (Fsp3) is 1.00. The maximum absolute atomic E-state index is 2.62. The first-order chi connectivity index (χ1) is 4.88. The van der Waals surface area contributed by atoms with Gasteiger partial charge in [-0.2, -0.15) is 0 Å². The molecule has 0 saturated carbocycles. The van der Waals surface area contributed by atoms with E-state index >= 15 is 0 Å². The van der Waals surface area contributed by atoms with Crippen LogP contribution in [0, 0.1) is 0 Å². The Labute approximate surface area is 63.4 Å². The fourth-order valence-corrected chi connectivity index (χ4v) is 2.55. The summed E-state index contributed by atoms with van der Waals surface area (Å²) in [7, 11) is 2.31. The van der Waals surface area contributed by atoms with Crippen LogP contribution in [-0.2, 0) is 0 Å². The lowest BCUT2D eigenvalue weighted by Crippen LogP contribution is -2.29. The Balaban J connectivity index is 2.07. The molecule has 2 saturated heterocycles. The molecule has 0 spiro atoms. The molecule has 1 nitrogen and oxygen atoms in total. The van der Waals surface area contributed by atoms with Gasteiger partial charge in [-0.15, -0.1) is 0 Å². The molecule has 0 aromatic carbocycles. The van der Waals surface area contributed by atoms with E-state index < -0.39 is 0 Å². The molecule has 0 radical (unpaired) electrons. The van der Waals surface area contributed by atoms with Crippen LogP contribution in [0.25, 0.3) is 0 Å². The van der Waals surface area contributed by atoms with Gasteiger partial charge >= 0.3 is 0 Å². The van der Waals surface area contributed by atoms with Gasteiger partial charge in [0.25, 0.3) is 0 Å². The van der Waals surface area contributed by atoms with Gasteiger partial charge in [-0.25, -0.2) is 0 Å². The van der Waals surface area contributed by atoms with Crippen molar-refractivity contribution >= 4 is 0 Å². The molecule has 10 heavy (non-hydrogen) atoms. The van der Waals surface area contributed by atoms with Gasteiger partial charge in [-0.3, -0.25) is 0 Å². The molecule has 2 atom stereocenters. The zero-order valence-corrected chi connectivity index (χ0v) is 6.84. The van der Waals surface area contributed by atoms with Crippen LogP contribution in [0.2, 0.25) is 0 Å². The molecule has 1 heteroatoms. The Hall–Kier alpha value is -0.0400. The summed E-state index contributed by atoms with van der Waals surface area (Å²) in [5, 5.41) is 0. The van der Waals surface area contributed by atoms with Crippen molar-refractivity contribution in [3.8, 4) is 0 Å². The van der Waals surface area contributed by atoms with Gasteiger partial charge in [0, 0.05) is 12.1 Å². The third-order valence-corrected chi connectivity index (χ3v) is 3.31. The first-order valence-corrected chi connectivity index (χ1v) is 4.60. The number of rotatable bonds is 0. The highest BCUT2D eigenvalue weighted by Crippen LogP contribution is 2.32. The van der Waals surface area contributed by atoms with E-state index in [4.69, 9.17) is 0 Å². The summed E-state index contributed by atoms with van der Waals surface area (Å²) in [5.74, 6) is 0. The van der Waals surface area contributed by atoms with E-state index in [0.29, 0.717) is 0 Å². The van der Waals surface area contributed by atoms with Crippen molar-refractivity contribution in [3.05, 3.63) is 0 Å². The predicted octanol–water partition coefficient (Wildman–Crippen LogP) is 2.02. The molecule has 2 rings (SSSR count). The van der Waals surface area contributed by atoms with Gasteiger partial charge in [0.15, 0.2) is 0 Å². The lowest BCUT2D eigenvalue weighted by molar-refractivity contribution is 0.244. The first kappa shape index (κ1) is 6.66. The van der Waals surface area contributed by atoms with Crippen molar-refractivity contribution in [2.75, 3.05) is 7.05 Å². The second-order valence-electron chi connectivity index (χ2n) is 3.83. The molecule has 0 aliphatic carbocycles. The minimum absolute atomic E-state index is 0.951. The molecule has 0 aromatic heterocycles. The van der Waals surface area contributed by atoms with Crippen LogP contribution in [-0.4, -0.2) is 24.0 Å². The zero-order chi connectivity index (χ0) is 6.97. The van der Waals surface area contributed by atoms with Crippen molar-refractivity contribution in [1.29, 1.82) is 0 Å². The standard InChI is InChI=1S/C9H17N/c1-10-8-4-2-3-5-9(10)7-6-8/h8-9H,2-7H2,1H3/t8-,9?/m1/s1. The summed E-state index contributed by atoms with van der Waals surface area (Å²) < 4.78 is 0. The highest BCUT2D eigenvalue weighted by molar-refractivity contribution is 4.87. The zero-order valence-electron chi connectivity index (χ0n) is 6.84. The van der Waals surface area contributed by atoms with Crippen molar-refractivity contribution in [3.63, 3.8) is 0 Å². The van der Waals surface area contributed by atoms with Crippen molar-refractivity contribution in [2.45, 2.75) is 50.6 Å². The smallest absolute Gasteiger partial charge is 0.00957 e. The van der Waals surface area contributed by atoms with Crippen LogP contribution in [0.4, 0.5) is 0 Å². The second-order valence-corrected chi connectivity index (χ2v) is 3.83. The summed E-state index contributed by atoms with van der Waals surface area (Å²) in [6.07, 6.45) is 8.83. The fourth-order valence-electron chi connectivity index (χ4n) is 2.55. The third kappa shape index (κ3) is 0.968. The Bertz CT molecular complexity index is 108. The molecule has 58 valence electrons. The maximum Gasteiger partial charge on any atom is 0.00957 e. The van der Waals surface area contributed by atoms with Crippen LogP contribution in [0.15, 0.2) is 0 Å². The van der Waals surface area contributed by atoms with Crippen molar-refractivity contribution in [1.82, 2.24) is 4.90 Å². The highest BCUT2D eigenvalue weighted by atomic mass is 15.2. The summed E-state index contributed by atoms with van der Waals surface area (Å²) in [5.41, 5.74) is 0. The average Bonchev–Trinajstić information content (AvgIpc) is 2.06. The minimum Gasteiger partial charge on any atom is -0.300 e. The van der Waals surface area contributed by atoms with Crippen LogP contribution < -0.4 is 0 Å². The number of hydrogen-bond donors (Lipinski definition) is 0. The molecule has 0 amide bonds. The van der Waals surface area contributed by atoms with E-state index in [0.717, 1.165) is 12.1 Å². The Morgan fingerprint density at radius 1 is 0.900 bits per heavy atom. The van der Waals surface area contributed by atoms with E-state index in [2.05, 4.69) is 11.9 Å². The Kier molecular flexibility index (Phi) is 1.69. The van der Waals surface area contributed by atoms with Gasteiger partial charge in [0.1, 0.15) is 0 Å².